The van der Waals surface area contributed by atoms with Crippen LogP contribution in [0.3, 0.4) is 0 Å². The summed E-state index contributed by atoms with van der Waals surface area (Å²) in [6.45, 7) is 1.83. The van der Waals surface area contributed by atoms with E-state index >= 15 is 0 Å². The molecule has 3 aromatic heterocycles. The van der Waals surface area contributed by atoms with Gasteiger partial charge in [0.25, 0.3) is 0 Å². The van der Waals surface area contributed by atoms with Crippen LogP contribution in [-0.4, -0.2) is 25.6 Å². The number of aromatic nitrogens is 4. The van der Waals surface area contributed by atoms with Crippen LogP contribution >= 0.6 is 11.3 Å². The van der Waals surface area contributed by atoms with Gasteiger partial charge in [0, 0.05) is 18.6 Å². The van der Waals surface area contributed by atoms with Crippen LogP contribution < -0.4 is 0 Å². The molecule has 0 bridgehead atoms. The zero-order chi connectivity index (χ0) is 11.1. The quantitative estimate of drug-likeness (QED) is 0.686. The minimum atomic E-state index is 0.669. The average Bonchev–Trinajstić information content (AvgIpc) is 2.88. The van der Waals surface area contributed by atoms with Gasteiger partial charge in [0.15, 0.2) is 6.29 Å². The van der Waals surface area contributed by atoms with Gasteiger partial charge in [-0.3, -0.25) is 9.20 Å². The van der Waals surface area contributed by atoms with E-state index in [-0.39, 0.29) is 0 Å². The summed E-state index contributed by atoms with van der Waals surface area (Å²) in [6, 6.07) is 0. The minimum absolute atomic E-state index is 0.669. The Kier molecular flexibility index (Phi) is 1.90. The van der Waals surface area contributed by atoms with Crippen molar-refractivity contribution in [2.24, 2.45) is 0 Å². The fourth-order valence-corrected chi connectivity index (χ4v) is 2.39. The second kappa shape index (κ2) is 3.28. The third-order valence-electron chi connectivity index (χ3n) is 2.35. The molecule has 0 aliphatic carbocycles. The van der Waals surface area contributed by atoms with E-state index in [0.717, 1.165) is 28.5 Å². The van der Waals surface area contributed by atoms with Crippen LogP contribution in [0.4, 0.5) is 0 Å². The van der Waals surface area contributed by atoms with E-state index in [4.69, 9.17) is 0 Å². The largest absolute Gasteiger partial charge is 0.322 e. The fraction of sp³-hybridized carbons (Fsp3) is 0.100. The van der Waals surface area contributed by atoms with Crippen LogP contribution in [0.5, 0.6) is 0 Å². The molecule has 0 saturated heterocycles. The van der Waals surface area contributed by atoms with Crippen molar-refractivity contribution in [1.29, 1.82) is 0 Å². The maximum atomic E-state index is 10.7. The summed E-state index contributed by atoms with van der Waals surface area (Å²) in [5.74, 6) is 0.774. The molecule has 3 rings (SSSR count). The van der Waals surface area contributed by atoms with Gasteiger partial charge >= 0.3 is 0 Å². The first-order valence-corrected chi connectivity index (χ1v) is 5.54. The lowest BCUT2D eigenvalue weighted by Crippen LogP contribution is -1.78. The molecule has 6 heteroatoms. The lowest BCUT2D eigenvalue weighted by atomic mass is 10.4. The molecule has 0 aromatic carbocycles. The Morgan fingerprint density at radius 3 is 3.12 bits per heavy atom. The number of nitrogens with one attached hydrogen (secondary N) is 1. The van der Waals surface area contributed by atoms with Crippen molar-refractivity contribution in [2.45, 2.75) is 6.92 Å². The van der Waals surface area contributed by atoms with Gasteiger partial charge in [-0.2, -0.15) is 0 Å². The van der Waals surface area contributed by atoms with Crippen LogP contribution in [-0.2, 0) is 0 Å². The summed E-state index contributed by atoms with van der Waals surface area (Å²) in [5.41, 5.74) is 1.64. The highest BCUT2D eigenvalue weighted by atomic mass is 32.1. The molecule has 0 saturated carbocycles. The molecule has 80 valence electrons. The first-order valence-electron chi connectivity index (χ1n) is 4.72. The minimum Gasteiger partial charge on any atom is -0.322 e. The predicted octanol–water partition coefficient (Wildman–Crippen LogP) is 1.91. The monoisotopic (exact) mass is 232 g/mol. The molecule has 1 N–H and O–H groups in total. The molecule has 0 radical (unpaired) electrons. The van der Waals surface area contributed by atoms with Gasteiger partial charge in [-0.05, 0) is 6.92 Å². The molecule has 0 amide bonds. The molecular formula is C10H8N4OS. The number of hydrogen-bond donors (Lipinski definition) is 1. The molecule has 0 atom stereocenters. The normalized spacial score (nSPS) is 11.1. The Morgan fingerprint density at radius 2 is 2.44 bits per heavy atom. The molecule has 5 nitrogen and oxygen atoms in total. The molecule has 3 aromatic rings. The van der Waals surface area contributed by atoms with Gasteiger partial charge in [-0.15, -0.1) is 11.3 Å². The number of H-pyrrole nitrogens is 1. The first kappa shape index (κ1) is 9.29. The Balaban J connectivity index is 2.15. The van der Waals surface area contributed by atoms with E-state index in [1.54, 1.807) is 6.20 Å². The SMILES string of the molecule is Cc1nc(-c2cn3ccnc3[nH]2)sc1C=O. The van der Waals surface area contributed by atoms with Gasteiger partial charge in [-0.25, -0.2) is 9.97 Å². The summed E-state index contributed by atoms with van der Waals surface area (Å²) in [5, 5.41) is 0.810. The lowest BCUT2D eigenvalue weighted by molar-refractivity contribution is 0.112. The number of fused-ring (bicyclic) bond motifs is 1. The predicted molar refractivity (Wildman–Crippen MR) is 60.8 cm³/mol. The van der Waals surface area contributed by atoms with Crippen LogP contribution in [0, 0.1) is 6.92 Å². The number of aromatic amines is 1. The second-order valence-corrected chi connectivity index (χ2v) is 4.44. The Hall–Kier alpha value is -1.95. The van der Waals surface area contributed by atoms with Crippen molar-refractivity contribution >= 4 is 23.4 Å². The van der Waals surface area contributed by atoms with E-state index in [2.05, 4.69) is 15.0 Å². The summed E-state index contributed by atoms with van der Waals surface area (Å²) in [6.07, 6.45) is 6.33. The number of carbonyl (C=O) groups is 1. The molecule has 0 fully saturated rings. The summed E-state index contributed by atoms with van der Waals surface area (Å²) >= 11 is 1.38. The van der Waals surface area contributed by atoms with Crippen molar-refractivity contribution in [1.82, 2.24) is 19.4 Å². The molecule has 0 aliphatic heterocycles. The molecule has 3 heterocycles. The molecule has 16 heavy (non-hydrogen) atoms. The van der Waals surface area contributed by atoms with Gasteiger partial charge in [0.2, 0.25) is 5.78 Å². The van der Waals surface area contributed by atoms with E-state index in [1.807, 2.05) is 23.7 Å². The second-order valence-electron chi connectivity index (χ2n) is 3.41. The Labute approximate surface area is 94.8 Å². The van der Waals surface area contributed by atoms with Gasteiger partial charge in [0.05, 0.1) is 16.3 Å². The highest BCUT2D eigenvalue weighted by Gasteiger charge is 2.11. The van der Waals surface area contributed by atoms with Crippen LogP contribution in [0.2, 0.25) is 0 Å². The van der Waals surface area contributed by atoms with Gasteiger partial charge in [0.1, 0.15) is 5.01 Å². The molecule has 0 aliphatic rings. The smallest absolute Gasteiger partial charge is 0.211 e. The van der Waals surface area contributed by atoms with Crippen molar-refractivity contribution in [2.75, 3.05) is 0 Å². The first-order chi connectivity index (χ1) is 7.78. The summed E-state index contributed by atoms with van der Waals surface area (Å²) in [4.78, 5) is 23.0. The van der Waals surface area contributed by atoms with Gasteiger partial charge < -0.3 is 4.98 Å². The zero-order valence-corrected chi connectivity index (χ0v) is 9.28. The number of aryl methyl sites for hydroxylation is 1. The fourth-order valence-electron chi connectivity index (χ4n) is 1.55. The number of carbonyl (C=O) groups excluding carboxylic acids is 1. The average molecular weight is 232 g/mol. The molecule has 0 unspecified atom stereocenters. The maximum Gasteiger partial charge on any atom is 0.211 e. The summed E-state index contributed by atoms with van der Waals surface area (Å²) < 4.78 is 1.88. The molecular weight excluding hydrogens is 224 g/mol. The highest BCUT2D eigenvalue weighted by molar-refractivity contribution is 7.16. The van der Waals surface area contributed by atoms with Crippen molar-refractivity contribution < 1.29 is 4.79 Å². The Morgan fingerprint density at radius 1 is 1.56 bits per heavy atom. The van der Waals surface area contributed by atoms with Crippen LogP contribution in [0.1, 0.15) is 15.4 Å². The van der Waals surface area contributed by atoms with E-state index in [9.17, 15) is 4.79 Å². The third-order valence-corrected chi connectivity index (χ3v) is 3.47. The third kappa shape index (κ3) is 1.27. The van der Waals surface area contributed by atoms with Crippen molar-refractivity contribution in [3.8, 4) is 10.7 Å². The van der Waals surface area contributed by atoms with Crippen molar-refractivity contribution in [3.05, 3.63) is 29.2 Å². The van der Waals surface area contributed by atoms with E-state index in [0.29, 0.717) is 4.88 Å². The maximum absolute atomic E-state index is 10.7. The van der Waals surface area contributed by atoms with Crippen LogP contribution in [0.15, 0.2) is 18.6 Å². The van der Waals surface area contributed by atoms with E-state index < -0.39 is 0 Å². The number of imidazole rings is 2. The van der Waals surface area contributed by atoms with Crippen LogP contribution in [0.25, 0.3) is 16.5 Å². The topological polar surface area (TPSA) is 63.1 Å². The zero-order valence-electron chi connectivity index (χ0n) is 8.47. The Bertz CT molecular complexity index is 635. The standard InChI is InChI=1S/C10H8N4OS/c1-6-8(5-15)16-9(12-6)7-4-14-3-2-11-10(14)13-7/h2-5H,1H3,(H,11,13). The van der Waals surface area contributed by atoms with Crippen molar-refractivity contribution in [3.63, 3.8) is 0 Å². The summed E-state index contributed by atoms with van der Waals surface area (Å²) in [7, 11) is 0. The number of nitrogens with zero attached hydrogens (tertiary/aromatic N) is 3. The number of thiazole rings is 1. The highest BCUT2D eigenvalue weighted by Crippen LogP contribution is 2.26. The number of hydrogen-bond acceptors (Lipinski definition) is 4. The molecule has 0 spiro atoms. The van der Waals surface area contributed by atoms with Gasteiger partial charge in [-0.1, -0.05) is 0 Å². The number of aldehydes is 1. The number of rotatable bonds is 2. The van der Waals surface area contributed by atoms with E-state index in [1.165, 1.54) is 11.3 Å². The lowest BCUT2D eigenvalue weighted by Gasteiger charge is -1.86.